The van der Waals surface area contributed by atoms with E-state index in [-0.39, 0.29) is 0 Å². The van der Waals surface area contributed by atoms with Gasteiger partial charge in [0.25, 0.3) is 0 Å². The molecule has 0 aliphatic rings. The van der Waals surface area contributed by atoms with Crippen molar-refractivity contribution >= 4 is 0 Å². The minimum Gasteiger partial charge on any atom is -0.0874 e. The van der Waals surface area contributed by atoms with E-state index < -0.39 is 0 Å². The molecule has 0 N–H and O–H groups in total. The Morgan fingerprint density at radius 2 is 2.17 bits per heavy atom. The van der Waals surface area contributed by atoms with E-state index in [1.165, 1.54) is 0 Å². The lowest BCUT2D eigenvalue weighted by Gasteiger charge is -1.75. The Hall–Kier alpha value is -0.520. The predicted molar refractivity (Wildman–Crippen MR) is 28.3 cm³/mol. The molecular formula is C6H9. The van der Waals surface area contributed by atoms with Gasteiger partial charge in [0.2, 0.25) is 0 Å². The van der Waals surface area contributed by atoms with Crippen molar-refractivity contribution in [1.29, 1.82) is 0 Å². The SMILES string of the molecule is [CH]=C(C)/C=C/C. The van der Waals surface area contributed by atoms with Gasteiger partial charge in [0.05, 0.1) is 0 Å². The first-order valence-corrected chi connectivity index (χ1v) is 1.99. The quantitative estimate of drug-likeness (QED) is 0.423. The molecule has 0 fully saturated rings. The summed E-state index contributed by atoms with van der Waals surface area (Å²) in [6, 6.07) is 0. The van der Waals surface area contributed by atoms with Gasteiger partial charge in [-0.2, -0.15) is 0 Å². The van der Waals surface area contributed by atoms with Crippen molar-refractivity contribution in [2.75, 3.05) is 0 Å². The van der Waals surface area contributed by atoms with E-state index in [9.17, 15) is 0 Å². The van der Waals surface area contributed by atoms with Crippen LogP contribution >= 0.6 is 0 Å². The van der Waals surface area contributed by atoms with Crippen LogP contribution in [0.25, 0.3) is 0 Å². The molecule has 0 heteroatoms. The second kappa shape index (κ2) is 2.70. The Morgan fingerprint density at radius 1 is 1.67 bits per heavy atom. The molecule has 1 radical (unpaired) electrons. The second-order valence-electron chi connectivity index (χ2n) is 1.24. The van der Waals surface area contributed by atoms with Crippen LogP contribution in [0.4, 0.5) is 0 Å². The summed E-state index contributed by atoms with van der Waals surface area (Å²) in [6.45, 7) is 9.03. The van der Waals surface area contributed by atoms with Crippen LogP contribution in [0.2, 0.25) is 0 Å². The molecule has 0 spiro atoms. The van der Waals surface area contributed by atoms with E-state index >= 15 is 0 Å². The Labute approximate surface area is 39.2 Å². The number of hydrogen-bond acceptors (Lipinski definition) is 0. The highest BCUT2D eigenvalue weighted by atomic mass is 13.7. The average Bonchev–Trinajstić information content (AvgIpc) is 1.35. The van der Waals surface area contributed by atoms with E-state index in [2.05, 4.69) is 0 Å². The summed E-state index contributed by atoms with van der Waals surface area (Å²) in [5.41, 5.74) is 0.859. The topological polar surface area (TPSA) is 0 Å². The van der Waals surface area contributed by atoms with Gasteiger partial charge in [-0.25, -0.2) is 0 Å². The monoisotopic (exact) mass is 81.1 g/mol. The Morgan fingerprint density at radius 3 is 2.17 bits per heavy atom. The van der Waals surface area contributed by atoms with E-state index in [1.54, 1.807) is 0 Å². The molecule has 0 unspecified atom stereocenters. The summed E-state index contributed by atoms with van der Waals surface area (Å²) in [7, 11) is 0. The largest absolute Gasteiger partial charge is 0.0874 e. The maximum absolute atomic E-state index is 5.23. The van der Waals surface area contributed by atoms with Gasteiger partial charge in [-0.05, 0) is 13.8 Å². The fraction of sp³-hybridized carbons (Fsp3) is 0.333. The Kier molecular flexibility index (Phi) is 2.47. The summed E-state index contributed by atoms with van der Waals surface area (Å²) < 4.78 is 0. The normalized spacial score (nSPS) is 9.67. The fourth-order valence-electron chi connectivity index (χ4n) is 0.263. The second-order valence-corrected chi connectivity index (χ2v) is 1.24. The van der Waals surface area contributed by atoms with Crippen LogP contribution in [0, 0.1) is 6.58 Å². The van der Waals surface area contributed by atoms with Crippen molar-refractivity contribution in [2.24, 2.45) is 0 Å². The van der Waals surface area contributed by atoms with E-state index in [4.69, 9.17) is 6.58 Å². The molecule has 0 nitrogen and oxygen atoms in total. The number of rotatable bonds is 1. The molecule has 6 heavy (non-hydrogen) atoms. The summed E-state index contributed by atoms with van der Waals surface area (Å²) >= 11 is 0. The van der Waals surface area contributed by atoms with Gasteiger partial charge in [-0.1, -0.05) is 24.3 Å². The van der Waals surface area contributed by atoms with Gasteiger partial charge < -0.3 is 0 Å². The molecular weight excluding hydrogens is 72.1 g/mol. The molecule has 0 saturated heterocycles. The van der Waals surface area contributed by atoms with Gasteiger partial charge in [0, 0.05) is 0 Å². The van der Waals surface area contributed by atoms with Crippen molar-refractivity contribution in [3.63, 3.8) is 0 Å². The van der Waals surface area contributed by atoms with Crippen LogP contribution in [-0.2, 0) is 0 Å². The zero-order chi connectivity index (χ0) is 4.99. The molecule has 0 amide bonds. The van der Waals surface area contributed by atoms with E-state index in [1.807, 2.05) is 26.0 Å². The first kappa shape index (κ1) is 5.48. The smallest absolute Gasteiger partial charge is 0.0398 e. The maximum Gasteiger partial charge on any atom is -0.0398 e. The summed E-state index contributed by atoms with van der Waals surface area (Å²) in [5, 5.41) is 0. The van der Waals surface area contributed by atoms with Gasteiger partial charge in [-0.15, -0.1) is 0 Å². The van der Waals surface area contributed by atoms with Gasteiger partial charge >= 0.3 is 0 Å². The molecule has 0 rings (SSSR count). The van der Waals surface area contributed by atoms with Crippen molar-refractivity contribution in [3.8, 4) is 0 Å². The van der Waals surface area contributed by atoms with Crippen LogP contribution in [0.5, 0.6) is 0 Å². The van der Waals surface area contributed by atoms with Crippen LogP contribution in [-0.4, -0.2) is 0 Å². The number of allylic oxidation sites excluding steroid dienone is 3. The van der Waals surface area contributed by atoms with Crippen LogP contribution in [0.1, 0.15) is 13.8 Å². The standard InChI is InChI=1S/C6H9/c1-4-5-6(2)3/h2,4-5H,1,3H3/b5-4+,6-2?. The van der Waals surface area contributed by atoms with Crippen molar-refractivity contribution in [1.82, 2.24) is 0 Å². The highest BCUT2D eigenvalue weighted by Crippen LogP contribution is 1.84. The van der Waals surface area contributed by atoms with E-state index in [0.29, 0.717) is 0 Å². The third-order valence-corrected chi connectivity index (χ3v) is 0.430. The van der Waals surface area contributed by atoms with Crippen LogP contribution in [0.15, 0.2) is 17.7 Å². The molecule has 0 bridgehead atoms. The van der Waals surface area contributed by atoms with Crippen LogP contribution < -0.4 is 0 Å². The van der Waals surface area contributed by atoms with Gasteiger partial charge in [0.1, 0.15) is 0 Å². The van der Waals surface area contributed by atoms with Crippen LogP contribution in [0.3, 0.4) is 0 Å². The lowest BCUT2D eigenvalue weighted by Crippen LogP contribution is -1.54. The zero-order valence-corrected chi connectivity index (χ0v) is 4.23. The average molecular weight is 81.1 g/mol. The minimum atomic E-state index is 0.859. The summed E-state index contributed by atoms with van der Waals surface area (Å²) in [5.74, 6) is 0. The Bertz CT molecular complexity index is 68.1. The molecule has 33 valence electrons. The van der Waals surface area contributed by atoms with Crippen molar-refractivity contribution < 1.29 is 0 Å². The third kappa shape index (κ3) is 3.48. The molecule has 0 aliphatic heterocycles. The maximum atomic E-state index is 5.23. The number of hydrogen-bond donors (Lipinski definition) is 0. The minimum absolute atomic E-state index is 0.859. The van der Waals surface area contributed by atoms with Gasteiger partial charge in [-0.3, -0.25) is 0 Å². The fourth-order valence-corrected chi connectivity index (χ4v) is 0.263. The molecule has 0 heterocycles. The highest BCUT2D eigenvalue weighted by molar-refractivity contribution is 5.07. The van der Waals surface area contributed by atoms with Gasteiger partial charge in [0.15, 0.2) is 0 Å². The summed E-state index contributed by atoms with van der Waals surface area (Å²) in [6.07, 6.45) is 3.77. The first-order valence-electron chi connectivity index (χ1n) is 1.99. The first-order chi connectivity index (χ1) is 2.77. The lowest BCUT2D eigenvalue weighted by atomic mass is 10.3. The molecule has 0 atom stereocenters. The van der Waals surface area contributed by atoms with Crippen molar-refractivity contribution in [2.45, 2.75) is 13.8 Å². The molecule has 0 aromatic heterocycles. The van der Waals surface area contributed by atoms with Crippen molar-refractivity contribution in [3.05, 3.63) is 24.3 Å². The third-order valence-electron chi connectivity index (χ3n) is 0.430. The Balaban J connectivity index is 3.30. The predicted octanol–water partition coefficient (Wildman–Crippen LogP) is 1.94. The summed E-state index contributed by atoms with van der Waals surface area (Å²) in [4.78, 5) is 0. The lowest BCUT2D eigenvalue weighted by molar-refractivity contribution is 1.52. The molecule has 0 saturated carbocycles. The van der Waals surface area contributed by atoms with E-state index in [0.717, 1.165) is 5.57 Å². The molecule has 0 aromatic carbocycles. The zero-order valence-electron chi connectivity index (χ0n) is 4.23. The highest BCUT2D eigenvalue weighted by Gasteiger charge is 1.64. The molecule has 0 aromatic rings. The molecule has 0 aliphatic carbocycles.